The maximum atomic E-state index is 9.78. The number of aromatic hydroxyl groups is 1. The van der Waals surface area contributed by atoms with E-state index in [4.69, 9.17) is 9.26 Å². The van der Waals surface area contributed by atoms with Crippen molar-refractivity contribution in [3.63, 3.8) is 0 Å². The molecule has 0 aliphatic heterocycles. The third kappa shape index (κ3) is 2.16. The van der Waals surface area contributed by atoms with E-state index in [1.807, 2.05) is 6.92 Å². The van der Waals surface area contributed by atoms with Gasteiger partial charge < -0.3 is 14.4 Å². The molecule has 1 fully saturated rings. The second kappa shape index (κ2) is 5.20. The lowest BCUT2D eigenvalue weighted by molar-refractivity contribution is -0.0469. The van der Waals surface area contributed by atoms with Crippen LogP contribution in [0.4, 0.5) is 0 Å². The highest BCUT2D eigenvalue weighted by Gasteiger charge is 2.41. The number of aromatic nitrogens is 3. The minimum absolute atomic E-state index is 0.0274. The van der Waals surface area contributed by atoms with Crippen LogP contribution in [-0.4, -0.2) is 26.8 Å². The summed E-state index contributed by atoms with van der Waals surface area (Å²) in [4.78, 5) is 8.26. The summed E-state index contributed by atoms with van der Waals surface area (Å²) < 4.78 is 11.2. The van der Waals surface area contributed by atoms with Crippen LogP contribution in [-0.2, 0) is 10.3 Å². The first kappa shape index (κ1) is 13.1. The Morgan fingerprint density at radius 2 is 2.20 bits per heavy atom. The summed E-state index contributed by atoms with van der Waals surface area (Å²) in [5, 5.41) is 13.8. The molecule has 0 spiro atoms. The van der Waals surface area contributed by atoms with Crippen LogP contribution in [0.5, 0.6) is 5.75 Å². The van der Waals surface area contributed by atoms with E-state index in [0.29, 0.717) is 23.9 Å². The van der Waals surface area contributed by atoms with Gasteiger partial charge in [-0.2, -0.15) is 4.98 Å². The molecule has 6 nitrogen and oxygen atoms in total. The van der Waals surface area contributed by atoms with Crippen LogP contribution >= 0.6 is 0 Å². The van der Waals surface area contributed by atoms with Crippen molar-refractivity contribution in [1.29, 1.82) is 0 Å². The average Bonchev–Trinajstić information content (AvgIpc) is 3.09. The van der Waals surface area contributed by atoms with Gasteiger partial charge in [-0.05, 0) is 38.7 Å². The van der Waals surface area contributed by atoms with Crippen LogP contribution < -0.4 is 0 Å². The Kier molecular flexibility index (Phi) is 3.40. The molecular formula is C14H17N3O3. The van der Waals surface area contributed by atoms with Crippen molar-refractivity contribution in [3.05, 3.63) is 24.3 Å². The highest BCUT2D eigenvalue weighted by atomic mass is 16.5. The molecule has 1 saturated carbocycles. The molecule has 2 heterocycles. The van der Waals surface area contributed by atoms with Crippen molar-refractivity contribution in [3.8, 4) is 17.2 Å². The highest BCUT2D eigenvalue weighted by molar-refractivity contribution is 5.60. The first-order chi connectivity index (χ1) is 9.75. The number of nitrogens with zero attached hydrogens (tertiary/aromatic N) is 3. The Labute approximate surface area is 116 Å². The third-order valence-corrected chi connectivity index (χ3v) is 3.70. The summed E-state index contributed by atoms with van der Waals surface area (Å²) in [5.74, 6) is 0.897. The normalized spacial score (nSPS) is 17.4. The molecule has 0 amide bonds. The lowest BCUT2D eigenvalue weighted by atomic mass is 10.0. The fraction of sp³-hybridized carbons (Fsp3) is 0.500. The summed E-state index contributed by atoms with van der Waals surface area (Å²) in [6, 6.07) is 1.65. The monoisotopic (exact) mass is 275 g/mol. The molecule has 2 aromatic rings. The van der Waals surface area contributed by atoms with Gasteiger partial charge in [0.25, 0.3) is 5.89 Å². The van der Waals surface area contributed by atoms with Gasteiger partial charge in [0.2, 0.25) is 5.82 Å². The number of hydrogen-bond acceptors (Lipinski definition) is 6. The van der Waals surface area contributed by atoms with Crippen molar-refractivity contribution in [1.82, 2.24) is 15.1 Å². The van der Waals surface area contributed by atoms with E-state index in [1.165, 1.54) is 6.20 Å². The van der Waals surface area contributed by atoms with Crippen LogP contribution in [0.25, 0.3) is 11.5 Å². The van der Waals surface area contributed by atoms with Gasteiger partial charge in [-0.15, -0.1) is 0 Å². The Morgan fingerprint density at radius 3 is 2.90 bits per heavy atom. The zero-order valence-electron chi connectivity index (χ0n) is 11.4. The maximum Gasteiger partial charge on any atom is 0.261 e. The molecule has 0 saturated heterocycles. The van der Waals surface area contributed by atoms with E-state index in [0.717, 1.165) is 25.7 Å². The van der Waals surface area contributed by atoms with E-state index in [1.54, 1.807) is 12.3 Å². The molecule has 0 aromatic carbocycles. The minimum Gasteiger partial charge on any atom is -0.505 e. The molecule has 106 valence electrons. The summed E-state index contributed by atoms with van der Waals surface area (Å²) in [6.45, 7) is 2.58. The average molecular weight is 275 g/mol. The lowest BCUT2D eigenvalue weighted by Crippen LogP contribution is -2.27. The molecule has 1 N–H and O–H groups in total. The molecule has 6 heteroatoms. The van der Waals surface area contributed by atoms with Gasteiger partial charge >= 0.3 is 0 Å². The van der Waals surface area contributed by atoms with Gasteiger partial charge in [-0.3, -0.25) is 4.98 Å². The topological polar surface area (TPSA) is 81.3 Å². The quantitative estimate of drug-likeness (QED) is 0.923. The fourth-order valence-electron chi connectivity index (χ4n) is 2.74. The standard InChI is InChI=1S/C14H17N3O3/c1-2-19-14(6-3-4-7-14)13-16-12(20-17-13)10-5-8-15-9-11(10)18/h5,8-9,18H,2-4,6-7H2,1H3. The maximum absolute atomic E-state index is 9.78. The summed E-state index contributed by atoms with van der Waals surface area (Å²) in [7, 11) is 0. The van der Waals surface area contributed by atoms with Crippen molar-refractivity contribution < 1.29 is 14.4 Å². The summed E-state index contributed by atoms with van der Waals surface area (Å²) in [5.41, 5.74) is 0.0579. The van der Waals surface area contributed by atoms with Crippen LogP contribution in [0.3, 0.4) is 0 Å². The van der Waals surface area contributed by atoms with Crippen LogP contribution in [0.1, 0.15) is 38.4 Å². The van der Waals surface area contributed by atoms with Gasteiger partial charge in [-0.25, -0.2) is 0 Å². The Bertz CT molecular complexity index is 591. The Hall–Kier alpha value is -1.95. The van der Waals surface area contributed by atoms with Gasteiger partial charge in [0.1, 0.15) is 11.4 Å². The first-order valence-electron chi connectivity index (χ1n) is 6.87. The van der Waals surface area contributed by atoms with E-state index < -0.39 is 5.60 Å². The molecule has 3 rings (SSSR count). The van der Waals surface area contributed by atoms with Crippen molar-refractivity contribution in [2.45, 2.75) is 38.2 Å². The molecule has 1 aliphatic carbocycles. The molecule has 0 bridgehead atoms. The Balaban J connectivity index is 1.95. The van der Waals surface area contributed by atoms with Crippen molar-refractivity contribution >= 4 is 0 Å². The van der Waals surface area contributed by atoms with Crippen LogP contribution in [0.15, 0.2) is 23.0 Å². The third-order valence-electron chi connectivity index (χ3n) is 3.70. The van der Waals surface area contributed by atoms with E-state index in [-0.39, 0.29) is 5.75 Å². The molecule has 0 radical (unpaired) electrons. The number of rotatable bonds is 4. The number of ether oxygens (including phenoxy) is 1. The van der Waals surface area contributed by atoms with Crippen LogP contribution in [0, 0.1) is 0 Å². The molecule has 20 heavy (non-hydrogen) atoms. The van der Waals surface area contributed by atoms with Gasteiger partial charge in [-0.1, -0.05) is 5.16 Å². The van der Waals surface area contributed by atoms with Crippen molar-refractivity contribution in [2.75, 3.05) is 6.61 Å². The fourth-order valence-corrected chi connectivity index (χ4v) is 2.74. The van der Waals surface area contributed by atoms with E-state index in [2.05, 4.69) is 15.1 Å². The lowest BCUT2D eigenvalue weighted by Gasteiger charge is -2.24. The highest BCUT2D eigenvalue weighted by Crippen LogP contribution is 2.41. The molecule has 0 atom stereocenters. The molecule has 0 unspecified atom stereocenters. The molecule has 2 aromatic heterocycles. The van der Waals surface area contributed by atoms with E-state index >= 15 is 0 Å². The molecule has 1 aliphatic rings. The van der Waals surface area contributed by atoms with Gasteiger partial charge in [0, 0.05) is 12.8 Å². The zero-order chi connectivity index (χ0) is 14.0. The predicted octanol–water partition coefficient (Wildman–Crippen LogP) is 2.64. The van der Waals surface area contributed by atoms with Crippen LogP contribution in [0.2, 0.25) is 0 Å². The smallest absolute Gasteiger partial charge is 0.261 e. The largest absolute Gasteiger partial charge is 0.505 e. The SMILES string of the molecule is CCOC1(c2noc(-c3ccncc3O)n2)CCCC1. The minimum atomic E-state index is -0.431. The number of hydrogen-bond donors (Lipinski definition) is 1. The van der Waals surface area contributed by atoms with Gasteiger partial charge in [0.05, 0.1) is 11.8 Å². The zero-order valence-corrected chi connectivity index (χ0v) is 11.4. The first-order valence-corrected chi connectivity index (χ1v) is 6.87. The number of pyridine rings is 1. The van der Waals surface area contributed by atoms with E-state index in [9.17, 15) is 5.11 Å². The van der Waals surface area contributed by atoms with Crippen molar-refractivity contribution in [2.24, 2.45) is 0 Å². The predicted molar refractivity (Wildman–Crippen MR) is 71.0 cm³/mol. The summed E-state index contributed by atoms with van der Waals surface area (Å²) in [6.07, 6.45) is 6.94. The second-order valence-electron chi connectivity index (χ2n) is 4.95. The molecular weight excluding hydrogens is 258 g/mol. The summed E-state index contributed by atoms with van der Waals surface area (Å²) >= 11 is 0. The second-order valence-corrected chi connectivity index (χ2v) is 4.95. The van der Waals surface area contributed by atoms with Gasteiger partial charge in [0.15, 0.2) is 0 Å². The Morgan fingerprint density at radius 1 is 1.40 bits per heavy atom.